The van der Waals surface area contributed by atoms with Crippen LogP contribution >= 0.6 is 0 Å². The Morgan fingerprint density at radius 1 is 1.09 bits per heavy atom. The van der Waals surface area contributed by atoms with Crippen LogP contribution in [-0.4, -0.2) is 38.1 Å². The Morgan fingerprint density at radius 2 is 1.94 bits per heavy atom. The van der Waals surface area contributed by atoms with Crippen molar-refractivity contribution in [3.05, 3.63) is 76.5 Å². The van der Waals surface area contributed by atoms with E-state index < -0.39 is 5.92 Å². The number of carbonyl (C=O) groups excluding carboxylic acids is 2. The summed E-state index contributed by atoms with van der Waals surface area (Å²) in [5.74, 6) is -0.747. The van der Waals surface area contributed by atoms with Gasteiger partial charge in [-0.1, -0.05) is 18.2 Å². The lowest BCUT2D eigenvalue weighted by Crippen LogP contribution is -2.28. The molecule has 170 valence electrons. The van der Waals surface area contributed by atoms with Crippen LogP contribution in [0.3, 0.4) is 0 Å². The van der Waals surface area contributed by atoms with Gasteiger partial charge in [0.2, 0.25) is 11.8 Å². The summed E-state index contributed by atoms with van der Waals surface area (Å²) >= 11 is 0. The van der Waals surface area contributed by atoms with Gasteiger partial charge < -0.3 is 15.2 Å². The minimum atomic E-state index is -0.468. The Morgan fingerprint density at radius 3 is 2.85 bits per heavy atom. The van der Waals surface area contributed by atoms with E-state index in [1.165, 1.54) is 28.3 Å². The summed E-state index contributed by atoms with van der Waals surface area (Å²) in [6.07, 6.45) is 6.20. The number of aryl methyl sites for hydroxylation is 2. The van der Waals surface area contributed by atoms with Gasteiger partial charge in [0.05, 0.1) is 29.8 Å². The first-order chi connectivity index (χ1) is 16.6. The van der Waals surface area contributed by atoms with Gasteiger partial charge in [0.1, 0.15) is 5.39 Å². The maximum Gasteiger partial charge on any atom is 0.261 e. The van der Waals surface area contributed by atoms with Crippen LogP contribution in [0.5, 0.6) is 0 Å². The molecule has 0 radical (unpaired) electrons. The summed E-state index contributed by atoms with van der Waals surface area (Å²) in [6, 6.07) is 13.4. The van der Waals surface area contributed by atoms with Gasteiger partial charge in [0.15, 0.2) is 5.65 Å². The van der Waals surface area contributed by atoms with Crippen molar-refractivity contribution in [3.8, 4) is 5.69 Å². The van der Waals surface area contributed by atoms with E-state index in [0.29, 0.717) is 29.0 Å². The van der Waals surface area contributed by atoms with Crippen LogP contribution in [0.1, 0.15) is 24.0 Å². The van der Waals surface area contributed by atoms with Crippen molar-refractivity contribution in [2.24, 2.45) is 5.92 Å². The van der Waals surface area contributed by atoms with E-state index in [2.05, 4.69) is 32.5 Å². The van der Waals surface area contributed by atoms with E-state index in [-0.39, 0.29) is 23.8 Å². The number of anilines is 2. The third kappa shape index (κ3) is 3.37. The maximum absolute atomic E-state index is 13.2. The fraction of sp³-hybridized carbons (Fsp3) is 0.240. The molecule has 2 amide bonds. The van der Waals surface area contributed by atoms with Crippen molar-refractivity contribution in [1.82, 2.24) is 19.7 Å². The molecule has 0 spiro atoms. The number of carbonyl (C=O) groups is 2. The molecule has 2 aromatic heterocycles. The van der Waals surface area contributed by atoms with Crippen molar-refractivity contribution in [3.63, 3.8) is 0 Å². The normalized spacial score (nSPS) is 17.4. The number of fused-ring (bicyclic) bond motifs is 2. The van der Waals surface area contributed by atoms with Gasteiger partial charge in [0.25, 0.3) is 5.56 Å². The first-order valence-corrected chi connectivity index (χ1v) is 11.3. The molecule has 34 heavy (non-hydrogen) atoms. The standard InChI is InChI=1S/C25H22N6O3/c32-22-11-17(13-30(22)18-9-8-15-4-3-5-16(15)10-18)24(33)29-20-6-1-2-7-21(20)31-23-19(12-28-31)25(34)27-14-26-23/h1-2,6-10,12,14,17H,3-5,11,13H2,(H,29,33)(H,26,27,34). The zero-order valence-corrected chi connectivity index (χ0v) is 18.3. The number of hydrogen-bond donors (Lipinski definition) is 2. The maximum atomic E-state index is 13.2. The average molecular weight is 454 g/mol. The fourth-order valence-corrected chi connectivity index (χ4v) is 4.89. The van der Waals surface area contributed by atoms with E-state index in [4.69, 9.17) is 0 Å². The molecule has 1 saturated heterocycles. The second kappa shape index (κ2) is 7.95. The van der Waals surface area contributed by atoms with Gasteiger partial charge in [-0.15, -0.1) is 0 Å². The van der Waals surface area contributed by atoms with E-state index in [1.54, 1.807) is 17.0 Å². The molecule has 0 bridgehead atoms. The van der Waals surface area contributed by atoms with E-state index in [9.17, 15) is 14.4 Å². The highest BCUT2D eigenvalue weighted by Gasteiger charge is 2.35. The first-order valence-electron chi connectivity index (χ1n) is 11.3. The molecule has 2 aliphatic rings. The topological polar surface area (TPSA) is 113 Å². The molecule has 3 heterocycles. The molecule has 0 saturated carbocycles. The molecule has 9 nitrogen and oxygen atoms in total. The first kappa shape index (κ1) is 20.3. The Labute approximate surface area is 194 Å². The highest BCUT2D eigenvalue weighted by Crippen LogP contribution is 2.31. The monoisotopic (exact) mass is 454 g/mol. The van der Waals surface area contributed by atoms with Crippen LogP contribution in [0.15, 0.2) is 59.8 Å². The third-order valence-electron chi connectivity index (χ3n) is 6.65. The van der Waals surface area contributed by atoms with Gasteiger partial charge in [-0.25, -0.2) is 9.67 Å². The van der Waals surface area contributed by atoms with Crippen LogP contribution in [-0.2, 0) is 22.4 Å². The van der Waals surface area contributed by atoms with Gasteiger partial charge in [0, 0.05) is 18.7 Å². The number of aromatic nitrogens is 4. The average Bonchev–Trinajstić information content (AvgIpc) is 3.57. The van der Waals surface area contributed by atoms with E-state index in [1.807, 2.05) is 18.2 Å². The van der Waals surface area contributed by atoms with Crippen molar-refractivity contribution < 1.29 is 9.59 Å². The van der Waals surface area contributed by atoms with Crippen LogP contribution in [0.25, 0.3) is 16.7 Å². The van der Waals surface area contributed by atoms with Gasteiger partial charge in [-0.3, -0.25) is 14.4 Å². The van der Waals surface area contributed by atoms with Crippen molar-refractivity contribution in [1.29, 1.82) is 0 Å². The number of nitrogens with one attached hydrogen (secondary N) is 2. The third-order valence-corrected chi connectivity index (χ3v) is 6.65. The van der Waals surface area contributed by atoms with Crippen LogP contribution in [0, 0.1) is 5.92 Å². The number of nitrogens with zero attached hydrogens (tertiary/aromatic N) is 4. The number of rotatable bonds is 4. The van der Waals surface area contributed by atoms with Crippen molar-refractivity contribution in [2.75, 3.05) is 16.8 Å². The molecule has 6 rings (SSSR count). The molecule has 4 aromatic rings. The molecule has 1 atom stereocenters. The minimum Gasteiger partial charge on any atom is -0.324 e. The molecule has 1 unspecified atom stereocenters. The summed E-state index contributed by atoms with van der Waals surface area (Å²) in [4.78, 5) is 46.5. The van der Waals surface area contributed by atoms with Gasteiger partial charge in [-0.2, -0.15) is 5.10 Å². The smallest absolute Gasteiger partial charge is 0.261 e. The Bertz CT molecular complexity index is 1500. The minimum absolute atomic E-state index is 0.0483. The van der Waals surface area contributed by atoms with Crippen molar-refractivity contribution >= 4 is 34.2 Å². The lowest BCUT2D eigenvalue weighted by atomic mass is 10.1. The van der Waals surface area contributed by atoms with Crippen LogP contribution in [0.2, 0.25) is 0 Å². The number of hydrogen-bond acceptors (Lipinski definition) is 5. The Kier molecular flexibility index (Phi) is 4.75. The molecule has 1 fully saturated rings. The summed E-state index contributed by atoms with van der Waals surface area (Å²) in [7, 11) is 0. The molecule has 2 aromatic carbocycles. The predicted octanol–water partition coefficient (Wildman–Crippen LogP) is 2.59. The highest BCUT2D eigenvalue weighted by atomic mass is 16.2. The lowest BCUT2D eigenvalue weighted by Gasteiger charge is -2.18. The van der Waals surface area contributed by atoms with E-state index in [0.717, 1.165) is 24.9 Å². The summed E-state index contributed by atoms with van der Waals surface area (Å²) < 4.78 is 1.52. The molecular weight excluding hydrogens is 432 g/mol. The van der Waals surface area contributed by atoms with Crippen molar-refractivity contribution in [2.45, 2.75) is 25.7 Å². The Hall–Kier alpha value is -4.27. The largest absolute Gasteiger partial charge is 0.324 e. The number of aromatic amines is 1. The molecular formula is C25H22N6O3. The zero-order chi connectivity index (χ0) is 23.2. The predicted molar refractivity (Wildman–Crippen MR) is 127 cm³/mol. The second-order valence-electron chi connectivity index (χ2n) is 8.74. The zero-order valence-electron chi connectivity index (χ0n) is 18.3. The van der Waals surface area contributed by atoms with E-state index >= 15 is 0 Å². The fourth-order valence-electron chi connectivity index (χ4n) is 4.89. The number of amides is 2. The lowest BCUT2D eigenvalue weighted by molar-refractivity contribution is -0.122. The molecule has 1 aliphatic carbocycles. The number of H-pyrrole nitrogens is 1. The number of para-hydroxylation sites is 2. The SMILES string of the molecule is O=C(Nc1ccccc1-n1ncc2c(=O)[nH]cnc21)C1CC(=O)N(c2ccc3c(c2)CCC3)C1. The van der Waals surface area contributed by atoms with Gasteiger partial charge >= 0.3 is 0 Å². The second-order valence-corrected chi connectivity index (χ2v) is 8.74. The van der Waals surface area contributed by atoms with Gasteiger partial charge in [-0.05, 0) is 54.7 Å². The highest BCUT2D eigenvalue weighted by molar-refractivity contribution is 6.04. The summed E-state index contributed by atoms with van der Waals surface area (Å²) in [5, 5.41) is 7.62. The Balaban J connectivity index is 1.25. The quantitative estimate of drug-likeness (QED) is 0.492. The number of benzene rings is 2. The molecule has 1 aliphatic heterocycles. The summed E-state index contributed by atoms with van der Waals surface area (Å²) in [5.41, 5.74) is 4.74. The summed E-state index contributed by atoms with van der Waals surface area (Å²) in [6.45, 7) is 0.341. The molecule has 9 heteroatoms. The van der Waals surface area contributed by atoms with Crippen LogP contribution < -0.4 is 15.8 Å². The molecule has 2 N–H and O–H groups in total. The van der Waals surface area contributed by atoms with Crippen LogP contribution in [0.4, 0.5) is 11.4 Å².